The predicted octanol–water partition coefficient (Wildman–Crippen LogP) is 3.76. The first kappa shape index (κ1) is 17.3. The van der Waals surface area contributed by atoms with Crippen LogP contribution in [0.25, 0.3) is 16.9 Å². The molecule has 3 rings (SSSR count). The summed E-state index contributed by atoms with van der Waals surface area (Å²) in [5.41, 5.74) is 0.862. The van der Waals surface area contributed by atoms with Crippen LogP contribution in [-0.4, -0.2) is 27.3 Å². The van der Waals surface area contributed by atoms with E-state index in [2.05, 4.69) is 5.10 Å². The number of aromatic nitrogens is 2. The minimum absolute atomic E-state index is 0.0843. The van der Waals surface area contributed by atoms with Gasteiger partial charge in [-0.2, -0.15) is 5.10 Å². The van der Waals surface area contributed by atoms with Crippen molar-refractivity contribution < 1.29 is 18.8 Å². The van der Waals surface area contributed by atoms with Crippen molar-refractivity contribution in [2.45, 2.75) is 6.92 Å². The third kappa shape index (κ3) is 3.16. The normalized spacial score (nSPS) is 10.5. The van der Waals surface area contributed by atoms with Crippen molar-refractivity contribution in [1.82, 2.24) is 9.78 Å². The Morgan fingerprint density at radius 3 is 2.54 bits per heavy atom. The fraction of sp³-hybridized carbons (Fsp3) is 0.111. The van der Waals surface area contributed by atoms with Gasteiger partial charge in [0.15, 0.2) is 0 Å². The molecule has 7 nitrogen and oxygen atoms in total. The molecule has 1 heterocycles. The van der Waals surface area contributed by atoms with E-state index < -0.39 is 16.7 Å². The standard InChI is InChI=1S/C18H14FN3O4/c1-2-26-18(23)15-11-20-21(12-7-9-13(10-8-12)22(24)25)17(15)14-5-3-4-6-16(14)19/h3-11H,2H2,1H3. The molecule has 0 unspecified atom stereocenters. The van der Waals surface area contributed by atoms with Gasteiger partial charge < -0.3 is 4.74 Å². The summed E-state index contributed by atoms with van der Waals surface area (Å²) in [5, 5.41) is 15.0. The molecule has 26 heavy (non-hydrogen) atoms. The summed E-state index contributed by atoms with van der Waals surface area (Å²) in [6, 6.07) is 11.6. The van der Waals surface area contributed by atoms with E-state index in [0.29, 0.717) is 5.69 Å². The molecular formula is C18H14FN3O4. The summed E-state index contributed by atoms with van der Waals surface area (Å²) in [4.78, 5) is 22.6. The number of non-ortho nitro benzene ring substituents is 1. The number of nitro groups is 1. The minimum atomic E-state index is -0.626. The van der Waals surface area contributed by atoms with Crippen LogP contribution in [0, 0.1) is 15.9 Å². The molecule has 0 saturated carbocycles. The molecule has 0 spiro atoms. The van der Waals surface area contributed by atoms with Crippen molar-refractivity contribution >= 4 is 11.7 Å². The van der Waals surface area contributed by atoms with Gasteiger partial charge in [-0.05, 0) is 31.2 Å². The van der Waals surface area contributed by atoms with E-state index in [9.17, 15) is 19.3 Å². The van der Waals surface area contributed by atoms with E-state index in [1.165, 1.54) is 53.3 Å². The van der Waals surface area contributed by atoms with Crippen molar-refractivity contribution in [3.8, 4) is 16.9 Å². The molecule has 0 atom stereocenters. The third-order valence-electron chi connectivity index (χ3n) is 3.70. The second-order valence-electron chi connectivity index (χ2n) is 5.29. The number of hydrogen-bond donors (Lipinski definition) is 0. The first-order valence-electron chi connectivity index (χ1n) is 7.77. The van der Waals surface area contributed by atoms with E-state index in [0.717, 1.165) is 0 Å². The van der Waals surface area contributed by atoms with Gasteiger partial charge in [-0.25, -0.2) is 13.9 Å². The molecule has 2 aromatic carbocycles. The Labute approximate surface area is 147 Å². The highest BCUT2D eigenvalue weighted by Crippen LogP contribution is 2.30. The van der Waals surface area contributed by atoms with E-state index in [4.69, 9.17) is 4.74 Å². The predicted molar refractivity (Wildman–Crippen MR) is 91.6 cm³/mol. The second-order valence-corrected chi connectivity index (χ2v) is 5.29. The average Bonchev–Trinajstić information content (AvgIpc) is 3.07. The van der Waals surface area contributed by atoms with Crippen molar-refractivity contribution in [2.75, 3.05) is 6.61 Å². The fourth-order valence-electron chi connectivity index (χ4n) is 2.53. The highest BCUT2D eigenvalue weighted by molar-refractivity contribution is 5.96. The molecule has 0 aliphatic rings. The van der Waals surface area contributed by atoms with Gasteiger partial charge in [0.05, 0.1) is 29.1 Å². The largest absolute Gasteiger partial charge is 0.462 e. The molecule has 132 valence electrons. The number of rotatable bonds is 5. The number of nitro benzene ring substituents is 1. The van der Waals surface area contributed by atoms with Crippen LogP contribution in [0.1, 0.15) is 17.3 Å². The fourth-order valence-corrected chi connectivity index (χ4v) is 2.53. The van der Waals surface area contributed by atoms with Crippen molar-refractivity contribution in [3.05, 3.63) is 76.2 Å². The molecule has 0 aliphatic heterocycles. The first-order valence-corrected chi connectivity index (χ1v) is 7.77. The van der Waals surface area contributed by atoms with Crippen LogP contribution in [0.2, 0.25) is 0 Å². The number of esters is 1. The minimum Gasteiger partial charge on any atom is -0.462 e. The molecule has 1 aromatic heterocycles. The van der Waals surface area contributed by atoms with Gasteiger partial charge in [-0.3, -0.25) is 10.1 Å². The molecule has 0 aliphatic carbocycles. The molecule has 0 N–H and O–H groups in total. The van der Waals surface area contributed by atoms with E-state index in [1.807, 2.05) is 0 Å². The van der Waals surface area contributed by atoms with Gasteiger partial charge in [0.2, 0.25) is 0 Å². The Morgan fingerprint density at radius 1 is 1.23 bits per heavy atom. The number of hydrogen-bond acceptors (Lipinski definition) is 5. The highest BCUT2D eigenvalue weighted by atomic mass is 19.1. The monoisotopic (exact) mass is 355 g/mol. The summed E-state index contributed by atoms with van der Waals surface area (Å²) >= 11 is 0. The number of carbonyl (C=O) groups is 1. The van der Waals surface area contributed by atoms with Gasteiger partial charge in [-0.1, -0.05) is 12.1 Å². The molecule has 3 aromatic rings. The molecule has 0 amide bonds. The van der Waals surface area contributed by atoms with Crippen LogP contribution in [0.3, 0.4) is 0 Å². The van der Waals surface area contributed by atoms with Crippen molar-refractivity contribution in [1.29, 1.82) is 0 Å². The summed E-state index contributed by atoms with van der Waals surface area (Å²) in [6.07, 6.45) is 1.29. The summed E-state index contributed by atoms with van der Waals surface area (Å²) < 4.78 is 20.7. The zero-order valence-corrected chi connectivity index (χ0v) is 13.8. The second kappa shape index (κ2) is 7.14. The van der Waals surface area contributed by atoms with Crippen LogP contribution in [0.15, 0.2) is 54.7 Å². The zero-order chi connectivity index (χ0) is 18.7. The Kier molecular flexibility index (Phi) is 4.74. The Balaban J connectivity index is 2.18. The maximum Gasteiger partial charge on any atom is 0.342 e. The zero-order valence-electron chi connectivity index (χ0n) is 13.8. The van der Waals surface area contributed by atoms with E-state index in [1.54, 1.807) is 13.0 Å². The van der Waals surface area contributed by atoms with Crippen LogP contribution in [-0.2, 0) is 4.74 Å². The lowest BCUT2D eigenvalue weighted by Gasteiger charge is -2.10. The maximum atomic E-state index is 14.4. The van der Waals surface area contributed by atoms with Crippen LogP contribution in [0.4, 0.5) is 10.1 Å². The summed E-state index contributed by atoms with van der Waals surface area (Å²) in [5.74, 6) is -1.15. The van der Waals surface area contributed by atoms with E-state index in [-0.39, 0.29) is 29.1 Å². The first-order chi connectivity index (χ1) is 12.5. The summed E-state index contributed by atoms with van der Waals surface area (Å²) in [6.45, 7) is 1.83. The van der Waals surface area contributed by atoms with Crippen molar-refractivity contribution in [2.24, 2.45) is 0 Å². The molecule has 0 radical (unpaired) electrons. The van der Waals surface area contributed by atoms with Gasteiger partial charge in [0, 0.05) is 17.7 Å². The molecule has 0 fully saturated rings. The van der Waals surface area contributed by atoms with Crippen LogP contribution in [0.5, 0.6) is 0 Å². The molecule has 8 heteroatoms. The SMILES string of the molecule is CCOC(=O)c1cnn(-c2ccc([N+](=O)[O-])cc2)c1-c1ccccc1F. The number of carbonyl (C=O) groups excluding carboxylic acids is 1. The summed E-state index contributed by atoms with van der Waals surface area (Å²) in [7, 11) is 0. The maximum absolute atomic E-state index is 14.4. The van der Waals surface area contributed by atoms with Crippen molar-refractivity contribution in [3.63, 3.8) is 0 Å². The molecule has 0 saturated heterocycles. The molecule has 0 bridgehead atoms. The van der Waals surface area contributed by atoms with E-state index >= 15 is 0 Å². The highest BCUT2D eigenvalue weighted by Gasteiger charge is 2.23. The topological polar surface area (TPSA) is 87.3 Å². The van der Waals surface area contributed by atoms with Gasteiger partial charge in [0.1, 0.15) is 11.4 Å². The third-order valence-corrected chi connectivity index (χ3v) is 3.70. The van der Waals surface area contributed by atoms with Crippen LogP contribution < -0.4 is 0 Å². The Hall–Kier alpha value is -3.55. The Bertz CT molecular complexity index is 967. The lowest BCUT2D eigenvalue weighted by atomic mass is 10.1. The Morgan fingerprint density at radius 2 is 1.92 bits per heavy atom. The number of benzene rings is 2. The van der Waals surface area contributed by atoms with Gasteiger partial charge in [-0.15, -0.1) is 0 Å². The number of nitrogens with zero attached hydrogens (tertiary/aromatic N) is 3. The smallest absolute Gasteiger partial charge is 0.342 e. The average molecular weight is 355 g/mol. The van der Waals surface area contributed by atoms with Gasteiger partial charge >= 0.3 is 5.97 Å². The number of ether oxygens (including phenoxy) is 1. The van der Waals surface area contributed by atoms with Gasteiger partial charge in [0.25, 0.3) is 5.69 Å². The molecular weight excluding hydrogens is 341 g/mol. The lowest BCUT2D eigenvalue weighted by molar-refractivity contribution is -0.384. The quantitative estimate of drug-likeness (QED) is 0.395. The lowest BCUT2D eigenvalue weighted by Crippen LogP contribution is -2.08. The van der Waals surface area contributed by atoms with Crippen LogP contribution >= 0.6 is 0 Å². The number of halogens is 1.